The molecule has 2 amide bonds. The first-order chi connectivity index (χ1) is 15.8. The van der Waals surface area contributed by atoms with Crippen LogP contribution in [0.1, 0.15) is 23.9 Å². The number of amides is 2. The van der Waals surface area contributed by atoms with Crippen molar-refractivity contribution in [2.24, 2.45) is 7.05 Å². The molecule has 1 atom stereocenters. The summed E-state index contributed by atoms with van der Waals surface area (Å²) in [4.78, 5) is 25.2. The maximum absolute atomic E-state index is 12.6. The number of fused-ring (bicyclic) bond motifs is 1. The number of aromatic nitrogens is 3. The lowest BCUT2D eigenvalue weighted by molar-refractivity contribution is -0.116. The number of rotatable bonds is 7. The van der Waals surface area contributed by atoms with Gasteiger partial charge in [0.2, 0.25) is 18.6 Å². The molecule has 3 aromatic rings. The Bertz CT molecular complexity index is 1210. The van der Waals surface area contributed by atoms with Crippen molar-refractivity contribution in [2.75, 3.05) is 17.4 Å². The Morgan fingerprint density at radius 2 is 1.88 bits per heavy atom. The molecule has 1 aromatic heterocycles. The molecule has 4 rings (SSSR count). The van der Waals surface area contributed by atoms with E-state index in [-0.39, 0.29) is 25.0 Å². The van der Waals surface area contributed by atoms with Crippen molar-refractivity contribution in [1.82, 2.24) is 14.8 Å². The summed E-state index contributed by atoms with van der Waals surface area (Å²) in [5.74, 6) is 1.41. The molecule has 2 heterocycles. The van der Waals surface area contributed by atoms with Gasteiger partial charge in [-0.3, -0.25) is 9.59 Å². The fourth-order valence-corrected chi connectivity index (χ4v) is 4.16. The molecule has 1 aliphatic rings. The Kier molecular flexibility index (Phi) is 6.55. The van der Waals surface area contributed by atoms with Crippen LogP contribution < -0.4 is 20.1 Å². The molecule has 2 aromatic carbocycles. The van der Waals surface area contributed by atoms with Crippen LogP contribution in [0.5, 0.6) is 11.5 Å². The Morgan fingerprint density at radius 3 is 2.67 bits per heavy atom. The number of thioether (sulfide) groups is 1. The van der Waals surface area contributed by atoms with Crippen molar-refractivity contribution in [3.63, 3.8) is 0 Å². The van der Waals surface area contributed by atoms with E-state index in [2.05, 4.69) is 20.8 Å². The van der Waals surface area contributed by atoms with Crippen LogP contribution in [0, 0.1) is 13.8 Å². The number of carbonyl (C=O) groups is 2. The van der Waals surface area contributed by atoms with E-state index in [1.54, 1.807) is 36.7 Å². The maximum atomic E-state index is 12.6. The number of carbonyl (C=O) groups excluding carboxylic acids is 2. The average molecular weight is 468 g/mol. The van der Waals surface area contributed by atoms with Gasteiger partial charge in [0.05, 0.1) is 11.7 Å². The largest absolute Gasteiger partial charge is 0.454 e. The summed E-state index contributed by atoms with van der Waals surface area (Å²) in [5.41, 5.74) is 3.53. The molecule has 9 nitrogen and oxygen atoms in total. The molecule has 33 heavy (non-hydrogen) atoms. The van der Waals surface area contributed by atoms with Crippen molar-refractivity contribution in [1.29, 1.82) is 0 Å². The summed E-state index contributed by atoms with van der Waals surface area (Å²) in [6.45, 7) is 5.92. The Balaban J connectivity index is 1.34. The van der Waals surface area contributed by atoms with E-state index in [4.69, 9.17) is 9.47 Å². The van der Waals surface area contributed by atoms with E-state index < -0.39 is 5.25 Å². The summed E-state index contributed by atoms with van der Waals surface area (Å²) >= 11 is 1.27. The number of nitrogens with one attached hydrogen (secondary N) is 2. The van der Waals surface area contributed by atoms with Crippen molar-refractivity contribution in [3.8, 4) is 11.5 Å². The molecule has 172 valence electrons. The summed E-state index contributed by atoms with van der Waals surface area (Å²) in [6, 6.07) is 11.1. The predicted octanol–water partition coefficient (Wildman–Crippen LogP) is 3.46. The van der Waals surface area contributed by atoms with Gasteiger partial charge in [-0.25, -0.2) is 0 Å². The predicted molar refractivity (Wildman–Crippen MR) is 126 cm³/mol. The van der Waals surface area contributed by atoms with Gasteiger partial charge in [0.1, 0.15) is 5.82 Å². The van der Waals surface area contributed by atoms with E-state index in [9.17, 15) is 9.59 Å². The monoisotopic (exact) mass is 467 g/mol. The smallest absolute Gasteiger partial charge is 0.237 e. The standard InChI is InChI=1S/C23H25N5O4S/c1-13-5-7-17(14(2)9-13)25-21(29)11-20-26-27-23(28(20)4)33-15(3)22(30)24-16-6-8-18-19(10-16)32-12-31-18/h5-10,15H,11-12H2,1-4H3,(H,24,30)(H,25,29). The minimum Gasteiger partial charge on any atom is -0.454 e. The van der Waals surface area contributed by atoms with Gasteiger partial charge in [-0.1, -0.05) is 29.5 Å². The highest BCUT2D eigenvalue weighted by atomic mass is 32.2. The maximum Gasteiger partial charge on any atom is 0.237 e. The number of anilines is 2. The molecule has 1 unspecified atom stereocenters. The molecule has 0 spiro atoms. The number of hydrogen-bond acceptors (Lipinski definition) is 7. The molecule has 0 aliphatic carbocycles. The highest BCUT2D eigenvalue weighted by Gasteiger charge is 2.21. The van der Waals surface area contributed by atoms with Crippen LogP contribution in [-0.4, -0.2) is 38.6 Å². The molecule has 0 fully saturated rings. The third-order valence-electron chi connectivity index (χ3n) is 5.19. The number of nitrogens with zero attached hydrogens (tertiary/aromatic N) is 3. The third-order valence-corrected chi connectivity index (χ3v) is 6.33. The lowest BCUT2D eigenvalue weighted by Gasteiger charge is -2.12. The summed E-state index contributed by atoms with van der Waals surface area (Å²) < 4.78 is 12.4. The van der Waals surface area contributed by atoms with Crippen LogP contribution in [0.15, 0.2) is 41.6 Å². The van der Waals surface area contributed by atoms with E-state index >= 15 is 0 Å². The van der Waals surface area contributed by atoms with Gasteiger partial charge in [-0.2, -0.15) is 0 Å². The summed E-state index contributed by atoms with van der Waals surface area (Å²) in [7, 11) is 1.78. The van der Waals surface area contributed by atoms with Crippen LogP contribution in [0.3, 0.4) is 0 Å². The topological polar surface area (TPSA) is 107 Å². The molecule has 2 N–H and O–H groups in total. The number of ether oxygens (including phenoxy) is 2. The van der Waals surface area contributed by atoms with Crippen LogP contribution in [-0.2, 0) is 23.1 Å². The average Bonchev–Trinajstić information content (AvgIpc) is 3.37. The van der Waals surface area contributed by atoms with Gasteiger partial charge in [0, 0.05) is 24.5 Å². The molecule has 1 aliphatic heterocycles. The van der Waals surface area contributed by atoms with Gasteiger partial charge in [-0.05, 0) is 44.5 Å². The van der Waals surface area contributed by atoms with Crippen molar-refractivity contribution in [3.05, 3.63) is 53.3 Å². The Labute approximate surface area is 195 Å². The normalized spacial score (nSPS) is 13.0. The van der Waals surface area contributed by atoms with E-state index in [0.29, 0.717) is 28.2 Å². The van der Waals surface area contributed by atoms with Crippen molar-refractivity contribution in [2.45, 2.75) is 37.6 Å². The molecular formula is C23H25N5O4S. The fraction of sp³-hybridized carbons (Fsp3) is 0.304. The van der Waals surface area contributed by atoms with Crippen LogP contribution in [0.4, 0.5) is 11.4 Å². The second kappa shape index (κ2) is 9.53. The fourth-order valence-electron chi connectivity index (χ4n) is 3.32. The second-order valence-electron chi connectivity index (χ2n) is 7.82. The highest BCUT2D eigenvalue weighted by Crippen LogP contribution is 2.34. The number of benzene rings is 2. The molecular weight excluding hydrogens is 442 g/mol. The first-order valence-electron chi connectivity index (χ1n) is 10.4. The minimum absolute atomic E-state index is 0.0785. The third kappa shape index (κ3) is 5.28. The quantitative estimate of drug-likeness (QED) is 0.513. The Morgan fingerprint density at radius 1 is 1.09 bits per heavy atom. The number of hydrogen-bond donors (Lipinski definition) is 2. The first-order valence-corrected chi connectivity index (χ1v) is 11.3. The molecule has 10 heteroatoms. The Hall–Kier alpha value is -3.53. The molecule has 0 bridgehead atoms. The first kappa shape index (κ1) is 22.7. The zero-order valence-electron chi connectivity index (χ0n) is 18.8. The second-order valence-corrected chi connectivity index (χ2v) is 9.13. The zero-order valence-corrected chi connectivity index (χ0v) is 19.7. The molecule has 0 radical (unpaired) electrons. The lowest BCUT2D eigenvalue weighted by atomic mass is 10.1. The van der Waals surface area contributed by atoms with Gasteiger partial charge in [0.15, 0.2) is 16.7 Å². The zero-order chi connectivity index (χ0) is 23.5. The van der Waals surface area contributed by atoms with Crippen molar-refractivity contribution >= 4 is 35.0 Å². The summed E-state index contributed by atoms with van der Waals surface area (Å²) in [6.07, 6.45) is 0.0785. The van der Waals surface area contributed by atoms with E-state index in [1.807, 2.05) is 32.0 Å². The van der Waals surface area contributed by atoms with Gasteiger partial charge in [-0.15, -0.1) is 10.2 Å². The minimum atomic E-state index is -0.435. The number of aryl methyl sites for hydroxylation is 2. The van der Waals surface area contributed by atoms with Gasteiger partial charge < -0.3 is 24.7 Å². The molecule has 0 saturated carbocycles. The van der Waals surface area contributed by atoms with Gasteiger partial charge >= 0.3 is 0 Å². The SMILES string of the molecule is Cc1ccc(NC(=O)Cc2nnc(SC(C)C(=O)Nc3ccc4c(c3)OCO4)n2C)c(C)c1. The van der Waals surface area contributed by atoms with Crippen LogP contribution in [0.25, 0.3) is 0 Å². The highest BCUT2D eigenvalue weighted by molar-refractivity contribution is 8.00. The molecule has 0 saturated heterocycles. The summed E-state index contributed by atoms with van der Waals surface area (Å²) in [5, 5.41) is 14.2. The van der Waals surface area contributed by atoms with Crippen molar-refractivity contribution < 1.29 is 19.1 Å². The van der Waals surface area contributed by atoms with E-state index in [1.165, 1.54) is 11.8 Å². The van der Waals surface area contributed by atoms with Crippen LogP contribution >= 0.6 is 11.8 Å². The lowest BCUT2D eigenvalue weighted by Crippen LogP contribution is -2.23. The van der Waals surface area contributed by atoms with E-state index in [0.717, 1.165) is 16.8 Å². The van der Waals surface area contributed by atoms with Gasteiger partial charge in [0.25, 0.3) is 0 Å². The van der Waals surface area contributed by atoms with Crippen LogP contribution in [0.2, 0.25) is 0 Å².